The average molecular weight is 275 g/mol. The topological polar surface area (TPSA) is 20.2 Å². The minimum absolute atomic E-state index is 0.0983. The summed E-state index contributed by atoms with van der Waals surface area (Å²) in [5.41, 5.74) is 0.0628. The predicted molar refractivity (Wildman–Crippen MR) is 67.5 cm³/mol. The maximum absolute atomic E-state index is 13.3. The molecule has 1 aliphatic rings. The molecule has 0 heterocycles. The van der Waals surface area contributed by atoms with E-state index in [2.05, 4.69) is 0 Å². The van der Waals surface area contributed by atoms with Crippen molar-refractivity contribution in [2.75, 3.05) is 0 Å². The van der Waals surface area contributed by atoms with Crippen molar-refractivity contribution in [3.8, 4) is 0 Å². The van der Waals surface area contributed by atoms with E-state index < -0.39 is 17.7 Å². The molecule has 0 saturated heterocycles. The van der Waals surface area contributed by atoms with Gasteiger partial charge in [-0.3, -0.25) is 0 Å². The van der Waals surface area contributed by atoms with Gasteiger partial charge in [0, 0.05) is 16.0 Å². The highest BCUT2D eigenvalue weighted by Crippen LogP contribution is 2.51. The molecule has 4 heteroatoms. The molecule has 0 radical (unpaired) electrons. The lowest BCUT2D eigenvalue weighted by molar-refractivity contribution is 0.0235. The van der Waals surface area contributed by atoms with Crippen molar-refractivity contribution in [1.29, 1.82) is 0 Å². The Morgan fingerprint density at radius 2 is 1.83 bits per heavy atom. The maximum Gasteiger partial charge on any atom is 0.160 e. The van der Waals surface area contributed by atoms with Crippen LogP contribution >= 0.6 is 11.6 Å². The Morgan fingerprint density at radius 3 is 2.39 bits per heavy atom. The smallest absolute Gasteiger partial charge is 0.160 e. The molecule has 0 spiro atoms. The van der Waals surface area contributed by atoms with Gasteiger partial charge in [-0.1, -0.05) is 31.4 Å². The molecule has 1 nitrogen and oxygen atoms in total. The van der Waals surface area contributed by atoms with E-state index in [0.717, 1.165) is 44.2 Å². The number of aliphatic hydroxyl groups excluding tert-OH is 1. The molecular formula is C14H17ClF2O. The van der Waals surface area contributed by atoms with Crippen LogP contribution < -0.4 is 0 Å². The summed E-state index contributed by atoms with van der Waals surface area (Å²) in [5, 5.41) is 10.6. The number of hydrogen-bond acceptors (Lipinski definition) is 1. The minimum Gasteiger partial charge on any atom is -0.388 e. The van der Waals surface area contributed by atoms with Crippen LogP contribution in [0, 0.1) is 17.0 Å². The lowest BCUT2D eigenvalue weighted by atomic mass is 9.75. The number of aliphatic hydroxyl groups is 1. The van der Waals surface area contributed by atoms with Crippen LogP contribution in [0.2, 0.25) is 5.02 Å². The molecule has 1 aromatic carbocycles. The maximum atomic E-state index is 13.3. The third kappa shape index (κ3) is 2.26. The average Bonchev–Trinajstić information content (AvgIpc) is 2.83. The first kappa shape index (κ1) is 13.8. The highest BCUT2D eigenvalue weighted by molar-refractivity contribution is 6.31. The Bertz CT molecular complexity index is 442. The summed E-state index contributed by atoms with van der Waals surface area (Å²) >= 11 is 5.93. The third-order valence-corrected chi connectivity index (χ3v) is 4.55. The fraction of sp³-hybridized carbons (Fsp3) is 0.571. The molecule has 0 aliphatic heterocycles. The first-order chi connectivity index (χ1) is 8.50. The van der Waals surface area contributed by atoms with Crippen LogP contribution in [0.3, 0.4) is 0 Å². The van der Waals surface area contributed by atoms with E-state index in [-0.39, 0.29) is 10.4 Å². The zero-order chi connectivity index (χ0) is 13.3. The summed E-state index contributed by atoms with van der Waals surface area (Å²) in [5.74, 6) is -1.94. The van der Waals surface area contributed by atoms with E-state index in [4.69, 9.17) is 11.6 Å². The Morgan fingerprint density at radius 1 is 1.28 bits per heavy atom. The second kappa shape index (κ2) is 5.14. The molecule has 1 saturated carbocycles. The fourth-order valence-corrected chi connectivity index (χ4v) is 3.23. The Hall–Kier alpha value is -0.670. The highest BCUT2D eigenvalue weighted by Gasteiger charge is 2.40. The Labute approximate surface area is 111 Å². The van der Waals surface area contributed by atoms with Crippen LogP contribution in [0.1, 0.15) is 50.7 Å². The molecular weight excluding hydrogens is 258 g/mol. The summed E-state index contributed by atoms with van der Waals surface area (Å²) in [6, 6.07) is 1.96. The van der Waals surface area contributed by atoms with Crippen LogP contribution in [-0.2, 0) is 0 Å². The molecule has 1 N–H and O–H groups in total. The van der Waals surface area contributed by atoms with E-state index in [9.17, 15) is 13.9 Å². The largest absolute Gasteiger partial charge is 0.388 e. The van der Waals surface area contributed by atoms with Crippen LogP contribution in [0.4, 0.5) is 8.78 Å². The van der Waals surface area contributed by atoms with Crippen LogP contribution in [0.25, 0.3) is 0 Å². The van der Waals surface area contributed by atoms with Gasteiger partial charge in [0.05, 0.1) is 6.10 Å². The van der Waals surface area contributed by atoms with Crippen molar-refractivity contribution in [3.05, 3.63) is 34.4 Å². The van der Waals surface area contributed by atoms with Crippen molar-refractivity contribution in [3.63, 3.8) is 0 Å². The zero-order valence-corrected chi connectivity index (χ0v) is 11.1. The van der Waals surface area contributed by atoms with Crippen molar-refractivity contribution >= 4 is 11.6 Å². The van der Waals surface area contributed by atoms with Crippen LogP contribution in [0.5, 0.6) is 0 Å². The van der Waals surface area contributed by atoms with Gasteiger partial charge in [0.1, 0.15) is 0 Å². The minimum atomic E-state index is -0.979. The lowest BCUT2D eigenvalue weighted by Crippen LogP contribution is -2.25. The highest BCUT2D eigenvalue weighted by atomic mass is 35.5. The normalized spacial score (nSPS) is 20.1. The van der Waals surface area contributed by atoms with E-state index in [1.54, 1.807) is 0 Å². The van der Waals surface area contributed by atoms with Gasteiger partial charge in [-0.15, -0.1) is 0 Å². The fourth-order valence-electron chi connectivity index (χ4n) is 2.98. The molecule has 100 valence electrons. The molecule has 1 aromatic rings. The van der Waals surface area contributed by atoms with Crippen LogP contribution in [-0.4, -0.2) is 5.11 Å². The van der Waals surface area contributed by atoms with Crippen molar-refractivity contribution in [2.24, 2.45) is 5.41 Å². The monoisotopic (exact) mass is 274 g/mol. The van der Waals surface area contributed by atoms with Gasteiger partial charge in [0.25, 0.3) is 0 Å². The summed E-state index contributed by atoms with van der Waals surface area (Å²) in [6.45, 7) is 2.02. The Kier molecular flexibility index (Phi) is 3.93. The van der Waals surface area contributed by atoms with Gasteiger partial charge < -0.3 is 5.11 Å². The molecule has 0 amide bonds. The van der Waals surface area contributed by atoms with E-state index in [1.807, 2.05) is 6.92 Å². The first-order valence-electron chi connectivity index (χ1n) is 6.32. The van der Waals surface area contributed by atoms with Crippen molar-refractivity contribution in [2.45, 2.75) is 45.1 Å². The van der Waals surface area contributed by atoms with Crippen LogP contribution in [0.15, 0.2) is 12.1 Å². The molecule has 1 fully saturated rings. The number of hydrogen-bond donors (Lipinski definition) is 1. The molecule has 2 rings (SSSR count). The predicted octanol–water partition coefficient (Wildman–Crippen LogP) is 4.62. The van der Waals surface area contributed by atoms with Gasteiger partial charge in [0.15, 0.2) is 11.6 Å². The Balaban J connectivity index is 2.39. The number of halogens is 3. The summed E-state index contributed by atoms with van der Waals surface area (Å²) in [7, 11) is 0. The summed E-state index contributed by atoms with van der Waals surface area (Å²) in [6.07, 6.45) is 3.91. The van der Waals surface area contributed by atoms with Gasteiger partial charge in [0.2, 0.25) is 0 Å². The van der Waals surface area contributed by atoms with Gasteiger partial charge >= 0.3 is 0 Å². The van der Waals surface area contributed by atoms with Crippen molar-refractivity contribution < 1.29 is 13.9 Å². The molecule has 18 heavy (non-hydrogen) atoms. The SMILES string of the molecule is CCC1(C(O)c2cc(F)c(F)cc2Cl)CCCC1. The van der Waals surface area contributed by atoms with E-state index in [1.165, 1.54) is 0 Å². The molecule has 1 unspecified atom stereocenters. The summed E-state index contributed by atoms with van der Waals surface area (Å²) < 4.78 is 26.3. The number of rotatable bonds is 3. The quantitative estimate of drug-likeness (QED) is 0.797. The van der Waals surface area contributed by atoms with Gasteiger partial charge in [-0.25, -0.2) is 8.78 Å². The molecule has 0 aromatic heterocycles. The third-order valence-electron chi connectivity index (χ3n) is 4.22. The first-order valence-corrected chi connectivity index (χ1v) is 6.70. The second-order valence-corrected chi connectivity index (χ2v) is 5.52. The van der Waals surface area contributed by atoms with E-state index >= 15 is 0 Å². The van der Waals surface area contributed by atoms with E-state index in [0.29, 0.717) is 5.56 Å². The summed E-state index contributed by atoms with van der Waals surface area (Å²) in [4.78, 5) is 0. The molecule has 1 atom stereocenters. The standard InChI is InChI=1S/C14H17ClF2O/c1-2-14(5-3-4-6-14)13(18)9-7-11(16)12(17)8-10(9)15/h7-8,13,18H,2-6H2,1H3. The molecule has 0 bridgehead atoms. The second-order valence-electron chi connectivity index (χ2n) is 5.11. The zero-order valence-electron chi connectivity index (χ0n) is 10.3. The van der Waals surface area contributed by atoms with Gasteiger partial charge in [-0.2, -0.15) is 0 Å². The lowest BCUT2D eigenvalue weighted by Gasteiger charge is -2.34. The van der Waals surface area contributed by atoms with Crippen molar-refractivity contribution in [1.82, 2.24) is 0 Å². The number of benzene rings is 1. The van der Waals surface area contributed by atoms with Gasteiger partial charge in [-0.05, 0) is 31.4 Å². The molecule has 1 aliphatic carbocycles.